The highest BCUT2D eigenvalue weighted by Gasteiger charge is 2.29. The molecule has 8 nitrogen and oxygen atoms in total. The molecule has 2 aromatic rings. The molecule has 27 heavy (non-hydrogen) atoms. The average Bonchev–Trinajstić information content (AvgIpc) is 3.11. The summed E-state index contributed by atoms with van der Waals surface area (Å²) in [6, 6.07) is 7.65. The third kappa shape index (κ3) is 3.41. The van der Waals surface area contributed by atoms with Crippen molar-refractivity contribution in [2.24, 2.45) is 10.1 Å². The lowest BCUT2D eigenvalue weighted by atomic mass is 10.1. The first-order valence-corrected chi connectivity index (χ1v) is 8.56. The summed E-state index contributed by atoms with van der Waals surface area (Å²) in [5, 5.41) is 11.0. The highest BCUT2D eigenvalue weighted by molar-refractivity contribution is 5.82. The van der Waals surface area contributed by atoms with Gasteiger partial charge >= 0.3 is 0 Å². The molecule has 2 N–H and O–H groups in total. The van der Waals surface area contributed by atoms with E-state index in [0.717, 1.165) is 34.2 Å². The van der Waals surface area contributed by atoms with E-state index in [1.54, 1.807) is 13.3 Å². The fraction of sp³-hybridized carbons (Fsp3) is 0.211. The van der Waals surface area contributed by atoms with Gasteiger partial charge in [0.05, 0.1) is 12.7 Å². The molecule has 8 heteroatoms. The van der Waals surface area contributed by atoms with Crippen molar-refractivity contribution in [2.45, 2.75) is 13.0 Å². The minimum absolute atomic E-state index is 0.0119. The quantitative estimate of drug-likeness (QED) is 0.795. The number of methoxy groups -OCH3 is 1. The van der Waals surface area contributed by atoms with Gasteiger partial charge in [0.25, 0.3) is 5.69 Å². The van der Waals surface area contributed by atoms with Crippen LogP contribution in [0.1, 0.15) is 5.69 Å². The number of anilines is 3. The second kappa shape index (κ2) is 6.99. The van der Waals surface area contributed by atoms with Gasteiger partial charge in [-0.2, -0.15) is 4.98 Å². The first kappa shape index (κ1) is 16.9. The predicted octanol–water partition coefficient (Wildman–Crippen LogP) is 3.54. The molecule has 2 aliphatic heterocycles. The lowest BCUT2D eigenvalue weighted by molar-refractivity contribution is -0.436. The molecule has 0 aliphatic carbocycles. The molecule has 1 unspecified atom stereocenters. The first-order chi connectivity index (χ1) is 13.2. The van der Waals surface area contributed by atoms with Crippen LogP contribution in [0, 0.1) is 6.92 Å². The molecule has 0 amide bonds. The Morgan fingerprint density at radius 3 is 2.85 bits per heavy atom. The highest BCUT2D eigenvalue weighted by Crippen LogP contribution is 2.34. The van der Waals surface area contributed by atoms with Crippen LogP contribution in [0.3, 0.4) is 0 Å². The predicted molar refractivity (Wildman–Crippen MR) is 104 cm³/mol. The van der Waals surface area contributed by atoms with Crippen LogP contribution < -0.4 is 15.4 Å². The van der Waals surface area contributed by atoms with Crippen LogP contribution >= 0.6 is 0 Å². The number of fused-ring (bicyclic) bond motifs is 1. The van der Waals surface area contributed by atoms with Crippen molar-refractivity contribution >= 4 is 29.4 Å². The minimum atomic E-state index is -0.0119. The standard InChI is InChI=1S/C19H20N7O/c1-12-8-18(20-2)24-19(22-12)23-14-4-5-17(27-3)16(9-14)26-11-13-10-21-7-6-15(13)25-26/h4-11,15H,1-3H3,(H2,20,22,23,24)/q+1. The van der Waals surface area contributed by atoms with E-state index in [4.69, 9.17) is 9.85 Å². The van der Waals surface area contributed by atoms with Gasteiger partial charge < -0.3 is 15.4 Å². The van der Waals surface area contributed by atoms with Crippen molar-refractivity contribution in [2.75, 3.05) is 24.8 Å². The summed E-state index contributed by atoms with van der Waals surface area (Å²) >= 11 is 0. The molecule has 0 saturated carbocycles. The Balaban J connectivity index is 1.68. The second-order valence-electron chi connectivity index (χ2n) is 6.13. The van der Waals surface area contributed by atoms with Gasteiger partial charge in [0.15, 0.2) is 11.8 Å². The molecule has 3 heterocycles. The van der Waals surface area contributed by atoms with E-state index in [1.165, 1.54) is 0 Å². The summed E-state index contributed by atoms with van der Waals surface area (Å²) in [7, 11) is 3.48. The number of benzene rings is 1. The molecule has 0 fully saturated rings. The molecule has 2 aliphatic rings. The van der Waals surface area contributed by atoms with Crippen LogP contribution in [-0.2, 0) is 0 Å². The zero-order valence-electron chi connectivity index (χ0n) is 15.3. The van der Waals surface area contributed by atoms with E-state index >= 15 is 0 Å². The smallest absolute Gasteiger partial charge is 0.281 e. The Labute approximate surface area is 157 Å². The largest absolute Gasteiger partial charge is 0.490 e. The van der Waals surface area contributed by atoms with Crippen molar-refractivity contribution in [3.8, 4) is 5.75 Å². The number of nitrogens with one attached hydrogen (secondary N) is 2. The molecular formula is C19H20N7O+. The fourth-order valence-electron chi connectivity index (χ4n) is 2.93. The topological polar surface area (TPSA) is 86.8 Å². The second-order valence-corrected chi connectivity index (χ2v) is 6.13. The lowest BCUT2D eigenvalue weighted by Crippen LogP contribution is -2.04. The van der Waals surface area contributed by atoms with Gasteiger partial charge in [-0.15, -0.1) is 0 Å². The molecule has 0 saturated heterocycles. The zero-order chi connectivity index (χ0) is 18.8. The van der Waals surface area contributed by atoms with Gasteiger partial charge in [0, 0.05) is 43.0 Å². The van der Waals surface area contributed by atoms with Crippen LogP contribution in [0.25, 0.3) is 0 Å². The van der Waals surface area contributed by atoms with Crippen molar-refractivity contribution in [1.29, 1.82) is 0 Å². The normalized spacial score (nSPS) is 17.2. The van der Waals surface area contributed by atoms with Crippen LogP contribution in [-0.4, -0.2) is 41.1 Å². The number of ether oxygens (including phenoxy) is 1. The van der Waals surface area contributed by atoms with Gasteiger partial charge in [-0.05, 0) is 30.2 Å². The van der Waals surface area contributed by atoms with Crippen LogP contribution in [0.5, 0.6) is 5.75 Å². The number of nitrogens with zero attached hydrogens (tertiary/aromatic N) is 5. The molecule has 1 aromatic carbocycles. The molecule has 0 bridgehead atoms. The fourth-order valence-corrected chi connectivity index (χ4v) is 2.93. The molecule has 1 aromatic heterocycles. The maximum Gasteiger partial charge on any atom is 0.281 e. The number of aromatic nitrogens is 2. The summed E-state index contributed by atoms with van der Waals surface area (Å²) < 4.78 is 7.34. The van der Waals surface area contributed by atoms with Crippen molar-refractivity contribution in [1.82, 2.24) is 9.97 Å². The summed E-state index contributed by atoms with van der Waals surface area (Å²) in [6.45, 7) is 1.93. The van der Waals surface area contributed by atoms with Crippen LogP contribution in [0.2, 0.25) is 0 Å². The average molecular weight is 362 g/mol. The van der Waals surface area contributed by atoms with E-state index < -0.39 is 0 Å². The third-order valence-corrected chi connectivity index (χ3v) is 4.23. The van der Waals surface area contributed by atoms with E-state index in [9.17, 15) is 0 Å². The Morgan fingerprint density at radius 2 is 2.07 bits per heavy atom. The summed E-state index contributed by atoms with van der Waals surface area (Å²) in [6.07, 6.45) is 7.50. The van der Waals surface area contributed by atoms with Gasteiger partial charge in [0.1, 0.15) is 5.82 Å². The maximum absolute atomic E-state index is 5.52. The lowest BCUT2D eigenvalue weighted by Gasteiger charge is -2.09. The van der Waals surface area contributed by atoms with Crippen molar-refractivity contribution < 1.29 is 9.43 Å². The molecule has 0 spiro atoms. The van der Waals surface area contributed by atoms with E-state index in [1.807, 2.05) is 61.4 Å². The van der Waals surface area contributed by atoms with Crippen molar-refractivity contribution in [3.63, 3.8) is 0 Å². The number of azo groups is 2. The molecule has 1 atom stereocenters. The maximum atomic E-state index is 5.52. The first-order valence-electron chi connectivity index (χ1n) is 8.56. The van der Waals surface area contributed by atoms with Crippen molar-refractivity contribution in [3.05, 3.63) is 54.0 Å². The Kier molecular flexibility index (Phi) is 4.37. The third-order valence-electron chi connectivity index (χ3n) is 4.23. The summed E-state index contributed by atoms with van der Waals surface area (Å²) in [5.74, 6) is 2.01. The monoisotopic (exact) mass is 362 g/mol. The Morgan fingerprint density at radius 1 is 1.19 bits per heavy atom. The minimum Gasteiger partial charge on any atom is -0.490 e. The molecular weight excluding hydrogens is 342 g/mol. The number of hydrogen-bond donors (Lipinski definition) is 2. The number of aliphatic imine (C=N–C) groups is 1. The van der Waals surface area contributed by atoms with Gasteiger partial charge in [0.2, 0.25) is 12.1 Å². The summed E-state index contributed by atoms with van der Waals surface area (Å²) in [4.78, 5) is 13.0. The highest BCUT2D eigenvalue weighted by atomic mass is 16.5. The number of aryl methyl sites for hydroxylation is 1. The SMILES string of the molecule is CNc1cc(C)nc(Nc2ccc(OC)c([N+]3=NC4C=CN=CC4=C3)c2)n1. The molecule has 4 rings (SSSR count). The number of rotatable bonds is 5. The molecule has 0 radical (unpaired) electrons. The Bertz CT molecular complexity index is 1010. The molecule has 136 valence electrons. The van der Waals surface area contributed by atoms with E-state index in [-0.39, 0.29) is 6.04 Å². The van der Waals surface area contributed by atoms with E-state index in [2.05, 4.69) is 25.6 Å². The number of hydrogen-bond acceptors (Lipinski definition) is 7. The van der Waals surface area contributed by atoms with Crippen LogP contribution in [0.15, 0.2) is 58.4 Å². The summed E-state index contributed by atoms with van der Waals surface area (Å²) in [5.41, 5.74) is 3.58. The zero-order valence-corrected chi connectivity index (χ0v) is 15.3. The van der Waals surface area contributed by atoms with Crippen LogP contribution in [0.4, 0.5) is 23.1 Å². The van der Waals surface area contributed by atoms with E-state index in [0.29, 0.717) is 5.95 Å². The van der Waals surface area contributed by atoms with Gasteiger partial charge in [-0.1, -0.05) is 4.70 Å². The Hall–Kier alpha value is -3.55. The van der Waals surface area contributed by atoms with Gasteiger partial charge in [-0.25, -0.2) is 4.98 Å². The van der Waals surface area contributed by atoms with Gasteiger partial charge in [-0.3, -0.25) is 4.99 Å².